The summed E-state index contributed by atoms with van der Waals surface area (Å²) in [5, 5.41) is 14.0. The molecule has 2 aromatic rings. The fraction of sp³-hybridized carbons (Fsp3) is 0.211. The van der Waals surface area contributed by atoms with Crippen molar-refractivity contribution in [3.63, 3.8) is 0 Å². The van der Waals surface area contributed by atoms with Gasteiger partial charge >= 0.3 is 5.97 Å². The van der Waals surface area contributed by atoms with Gasteiger partial charge in [0.1, 0.15) is 23.4 Å². The molecular weight excluding hydrogens is 338 g/mol. The normalized spacial score (nSPS) is 11.0. The Kier molecular flexibility index (Phi) is 6.15. The van der Waals surface area contributed by atoms with Crippen LogP contribution < -0.4 is 0 Å². The Morgan fingerprint density at radius 3 is 2.68 bits per heavy atom. The molecule has 6 heteroatoms. The maximum atomic E-state index is 11.9. The van der Waals surface area contributed by atoms with E-state index in [4.69, 9.17) is 16.3 Å². The van der Waals surface area contributed by atoms with Crippen LogP contribution in [-0.4, -0.2) is 22.4 Å². The summed E-state index contributed by atoms with van der Waals surface area (Å²) in [5.74, 6) is -0.718. The third-order valence-corrected chi connectivity index (χ3v) is 3.92. The summed E-state index contributed by atoms with van der Waals surface area (Å²) < 4.78 is 6.53. The van der Waals surface area contributed by atoms with Crippen molar-refractivity contribution >= 4 is 23.6 Å². The van der Waals surface area contributed by atoms with Crippen LogP contribution in [0.25, 0.3) is 6.08 Å². The summed E-state index contributed by atoms with van der Waals surface area (Å²) in [4.78, 5) is 11.9. The zero-order valence-electron chi connectivity index (χ0n) is 14.1. The molecule has 5 nitrogen and oxygen atoms in total. The number of nitrogens with zero attached hydrogens (tertiary/aromatic N) is 3. The van der Waals surface area contributed by atoms with E-state index < -0.39 is 5.97 Å². The summed E-state index contributed by atoms with van der Waals surface area (Å²) >= 11 is 6.40. The van der Waals surface area contributed by atoms with Crippen molar-refractivity contribution in [1.82, 2.24) is 9.78 Å². The van der Waals surface area contributed by atoms with E-state index in [9.17, 15) is 10.1 Å². The van der Waals surface area contributed by atoms with E-state index >= 15 is 0 Å². The maximum Gasteiger partial charge on any atom is 0.349 e. The number of aryl methyl sites for hydroxylation is 2. The van der Waals surface area contributed by atoms with Crippen molar-refractivity contribution in [2.24, 2.45) is 0 Å². The highest BCUT2D eigenvalue weighted by Crippen LogP contribution is 2.24. The summed E-state index contributed by atoms with van der Waals surface area (Å²) in [6.45, 7) is 7.79. The average molecular weight is 356 g/mol. The fourth-order valence-corrected chi connectivity index (χ4v) is 2.48. The Labute approximate surface area is 151 Å². The number of carbonyl (C=O) groups excluding carboxylic acids is 1. The van der Waals surface area contributed by atoms with E-state index in [1.807, 2.05) is 37.3 Å². The van der Waals surface area contributed by atoms with Crippen LogP contribution in [0.3, 0.4) is 0 Å². The van der Waals surface area contributed by atoms with Gasteiger partial charge in [-0.25, -0.2) is 9.48 Å². The molecule has 25 heavy (non-hydrogen) atoms. The second-order valence-corrected chi connectivity index (χ2v) is 5.85. The number of rotatable bonds is 6. The van der Waals surface area contributed by atoms with Gasteiger partial charge in [-0.05, 0) is 25.5 Å². The largest absolute Gasteiger partial charge is 0.457 e. The maximum absolute atomic E-state index is 11.9. The van der Waals surface area contributed by atoms with Gasteiger partial charge in [0.25, 0.3) is 0 Å². The number of ether oxygens (including phenoxy) is 1. The monoisotopic (exact) mass is 355 g/mol. The van der Waals surface area contributed by atoms with Crippen LogP contribution in [0.4, 0.5) is 0 Å². The molecule has 0 radical (unpaired) electrons. The minimum absolute atomic E-state index is 0.0389. The van der Waals surface area contributed by atoms with Gasteiger partial charge in [-0.15, -0.1) is 0 Å². The van der Waals surface area contributed by atoms with Crippen molar-refractivity contribution in [3.8, 4) is 6.07 Å². The van der Waals surface area contributed by atoms with Crippen LogP contribution in [0, 0.1) is 25.2 Å². The highest BCUT2D eigenvalue weighted by molar-refractivity contribution is 6.31. The van der Waals surface area contributed by atoms with Crippen LogP contribution in [0.15, 0.2) is 42.5 Å². The first-order valence-electron chi connectivity index (χ1n) is 7.64. The number of carbonyl (C=O) groups is 1. The van der Waals surface area contributed by atoms with E-state index in [1.165, 1.54) is 17.7 Å². The van der Waals surface area contributed by atoms with Gasteiger partial charge in [0.05, 0.1) is 12.2 Å². The number of benzene rings is 1. The van der Waals surface area contributed by atoms with Crippen LogP contribution in [-0.2, 0) is 16.1 Å². The molecule has 1 aromatic heterocycles. The number of hydrogen-bond donors (Lipinski definition) is 0. The standard InChI is InChI=1S/C19H18ClN3O2/c1-4-9-25-19(24)16(11-21)10-17-14(3)22-23(18(17)20)12-15-7-5-13(2)6-8-15/h4-8,10H,1,9,12H2,2-3H3. The molecular formula is C19H18ClN3O2. The van der Waals surface area contributed by atoms with E-state index in [-0.39, 0.29) is 12.2 Å². The molecule has 0 N–H and O–H groups in total. The molecule has 0 spiro atoms. The molecule has 0 fully saturated rings. The third-order valence-electron chi connectivity index (χ3n) is 3.52. The first-order valence-corrected chi connectivity index (χ1v) is 8.02. The Bertz CT molecular complexity index is 858. The minimum Gasteiger partial charge on any atom is -0.457 e. The molecule has 0 saturated heterocycles. The number of aromatic nitrogens is 2. The number of halogens is 1. The Hall–Kier alpha value is -2.84. The van der Waals surface area contributed by atoms with E-state index in [0.717, 1.165) is 5.56 Å². The highest BCUT2D eigenvalue weighted by Gasteiger charge is 2.16. The second-order valence-electron chi connectivity index (χ2n) is 5.49. The number of hydrogen-bond acceptors (Lipinski definition) is 4. The minimum atomic E-state index is -0.718. The lowest BCUT2D eigenvalue weighted by atomic mass is 10.1. The predicted molar refractivity (Wildman–Crippen MR) is 97.0 cm³/mol. The lowest BCUT2D eigenvalue weighted by Crippen LogP contribution is -2.06. The molecule has 0 aliphatic heterocycles. The summed E-state index contributed by atoms with van der Waals surface area (Å²) in [7, 11) is 0. The zero-order valence-corrected chi connectivity index (χ0v) is 14.9. The van der Waals surface area contributed by atoms with Crippen molar-refractivity contribution in [1.29, 1.82) is 5.26 Å². The molecule has 0 aliphatic carbocycles. The molecule has 2 rings (SSSR count). The number of nitriles is 1. The Morgan fingerprint density at radius 2 is 2.08 bits per heavy atom. The molecule has 1 heterocycles. The SMILES string of the molecule is C=CCOC(=O)C(C#N)=Cc1c(C)nn(Cc2ccc(C)cc2)c1Cl. The van der Waals surface area contributed by atoms with Gasteiger partial charge in [0.2, 0.25) is 0 Å². The van der Waals surface area contributed by atoms with Crippen LogP contribution in [0.5, 0.6) is 0 Å². The zero-order chi connectivity index (χ0) is 18.4. The molecule has 0 bridgehead atoms. The van der Waals surface area contributed by atoms with Crippen molar-refractivity contribution in [2.45, 2.75) is 20.4 Å². The van der Waals surface area contributed by atoms with Crippen LogP contribution in [0.2, 0.25) is 5.15 Å². The smallest absolute Gasteiger partial charge is 0.349 e. The van der Waals surface area contributed by atoms with Crippen molar-refractivity contribution in [3.05, 3.63) is 70.0 Å². The fourth-order valence-electron chi connectivity index (χ4n) is 2.20. The lowest BCUT2D eigenvalue weighted by Gasteiger charge is -2.04. The van der Waals surface area contributed by atoms with Gasteiger partial charge in [0.15, 0.2) is 0 Å². The highest BCUT2D eigenvalue weighted by atomic mass is 35.5. The van der Waals surface area contributed by atoms with E-state index in [0.29, 0.717) is 23.0 Å². The van der Waals surface area contributed by atoms with Gasteiger partial charge in [-0.1, -0.05) is 54.1 Å². The summed E-state index contributed by atoms with van der Waals surface area (Å²) in [5.41, 5.74) is 3.24. The lowest BCUT2D eigenvalue weighted by molar-refractivity contribution is -0.137. The van der Waals surface area contributed by atoms with Crippen LogP contribution in [0.1, 0.15) is 22.4 Å². The number of esters is 1. The third kappa shape index (κ3) is 4.59. The predicted octanol–water partition coefficient (Wildman–Crippen LogP) is 3.84. The Balaban J connectivity index is 2.30. The molecule has 1 aromatic carbocycles. The molecule has 0 atom stereocenters. The molecule has 0 saturated carbocycles. The second kappa shape index (κ2) is 8.32. The molecule has 128 valence electrons. The van der Waals surface area contributed by atoms with Crippen molar-refractivity contribution in [2.75, 3.05) is 6.61 Å². The van der Waals surface area contributed by atoms with Gasteiger partial charge in [-0.3, -0.25) is 0 Å². The van der Waals surface area contributed by atoms with E-state index in [1.54, 1.807) is 11.6 Å². The molecule has 0 aliphatic rings. The van der Waals surface area contributed by atoms with Crippen LogP contribution >= 0.6 is 11.6 Å². The molecule has 0 amide bonds. The topological polar surface area (TPSA) is 67.9 Å². The Morgan fingerprint density at radius 1 is 1.40 bits per heavy atom. The van der Waals surface area contributed by atoms with E-state index in [2.05, 4.69) is 11.7 Å². The quantitative estimate of drug-likeness (QED) is 0.342. The summed E-state index contributed by atoms with van der Waals surface area (Å²) in [6.07, 6.45) is 2.84. The van der Waals surface area contributed by atoms with Crippen molar-refractivity contribution < 1.29 is 9.53 Å². The molecule has 0 unspecified atom stereocenters. The average Bonchev–Trinajstić information content (AvgIpc) is 2.86. The van der Waals surface area contributed by atoms with Gasteiger partial charge in [0, 0.05) is 5.56 Å². The first-order chi connectivity index (χ1) is 12.0. The van der Waals surface area contributed by atoms with Gasteiger partial charge < -0.3 is 4.74 Å². The summed E-state index contributed by atoms with van der Waals surface area (Å²) in [6, 6.07) is 9.88. The first kappa shape index (κ1) is 18.5. The van der Waals surface area contributed by atoms with Gasteiger partial charge in [-0.2, -0.15) is 10.4 Å².